The van der Waals surface area contributed by atoms with Crippen molar-refractivity contribution < 1.29 is 4.55 Å². The number of hydrogen-bond donors (Lipinski definition) is 3. The Labute approximate surface area is 163 Å². The van der Waals surface area contributed by atoms with Gasteiger partial charge in [-0.05, 0) is 48.9 Å². The van der Waals surface area contributed by atoms with Gasteiger partial charge in [-0.2, -0.15) is 4.55 Å². The number of aromatic nitrogens is 1. The van der Waals surface area contributed by atoms with Gasteiger partial charge in [0.25, 0.3) is 0 Å². The van der Waals surface area contributed by atoms with Crippen molar-refractivity contribution in [2.24, 2.45) is 10.7 Å². The molecule has 1 saturated heterocycles. The fraction of sp³-hybridized carbons (Fsp3) is 0.400. The standard InChI is InChI=1S/C20H28N5OS/c1-3-22-13-17(12-21)16-10-15-4-7-23-14-19(15)20(11-16)24-18-5-8-25(9-6-18)27(2)26/h4,7,10-14,18,24,26H,3,5-6,8-9,21H2,1-2H3/q+1. The summed E-state index contributed by atoms with van der Waals surface area (Å²) in [6, 6.07) is 6.65. The zero-order valence-corrected chi connectivity index (χ0v) is 16.7. The van der Waals surface area contributed by atoms with Gasteiger partial charge in [-0.25, -0.2) is 0 Å². The van der Waals surface area contributed by atoms with Gasteiger partial charge in [0.2, 0.25) is 11.4 Å². The first-order valence-corrected chi connectivity index (χ1v) is 10.8. The average molecular weight is 387 g/mol. The molecule has 0 amide bonds. The van der Waals surface area contributed by atoms with Gasteiger partial charge in [-0.3, -0.25) is 9.98 Å². The first-order valence-electron chi connectivity index (χ1n) is 9.29. The zero-order chi connectivity index (χ0) is 19.2. The van der Waals surface area contributed by atoms with E-state index in [2.05, 4.69) is 31.7 Å². The predicted octanol–water partition coefficient (Wildman–Crippen LogP) is 3.14. The van der Waals surface area contributed by atoms with E-state index in [-0.39, 0.29) is 0 Å². The molecule has 0 aliphatic carbocycles. The van der Waals surface area contributed by atoms with Crippen LogP contribution in [0.25, 0.3) is 16.3 Å². The molecule has 1 unspecified atom stereocenters. The highest BCUT2D eigenvalue weighted by molar-refractivity contribution is 7.88. The van der Waals surface area contributed by atoms with E-state index in [0.29, 0.717) is 6.04 Å². The van der Waals surface area contributed by atoms with Crippen molar-refractivity contribution >= 4 is 39.6 Å². The SMILES string of the molecule is CCN=CC(=CN)c1cc(NC2CCN([S+](C)O)CC2)c2cnccc2c1. The molecule has 4 N–H and O–H groups in total. The number of anilines is 1. The topological polar surface area (TPSA) is 86.8 Å². The van der Waals surface area contributed by atoms with E-state index in [4.69, 9.17) is 5.73 Å². The van der Waals surface area contributed by atoms with E-state index in [1.807, 2.05) is 37.9 Å². The molecule has 0 saturated carbocycles. The molecule has 3 rings (SSSR count). The van der Waals surface area contributed by atoms with Crippen LogP contribution in [0.2, 0.25) is 0 Å². The Kier molecular flexibility index (Phi) is 6.71. The summed E-state index contributed by atoms with van der Waals surface area (Å²) in [6.45, 7) is 4.54. The van der Waals surface area contributed by atoms with Crippen LogP contribution >= 0.6 is 0 Å². The smallest absolute Gasteiger partial charge is 0.234 e. The van der Waals surface area contributed by atoms with Crippen molar-refractivity contribution in [1.82, 2.24) is 9.29 Å². The van der Waals surface area contributed by atoms with Gasteiger partial charge >= 0.3 is 0 Å². The first kappa shape index (κ1) is 19.7. The molecule has 7 heteroatoms. The van der Waals surface area contributed by atoms with Gasteiger partial charge in [-0.1, -0.05) is 4.31 Å². The number of nitrogens with one attached hydrogen (secondary N) is 1. The Morgan fingerprint density at radius 1 is 1.44 bits per heavy atom. The van der Waals surface area contributed by atoms with Crippen LogP contribution in [0.1, 0.15) is 25.3 Å². The van der Waals surface area contributed by atoms with Gasteiger partial charge in [0, 0.05) is 67.1 Å². The molecule has 27 heavy (non-hydrogen) atoms. The van der Waals surface area contributed by atoms with E-state index in [1.165, 1.54) is 0 Å². The van der Waals surface area contributed by atoms with Crippen LogP contribution in [0.15, 0.2) is 41.8 Å². The van der Waals surface area contributed by atoms with Crippen molar-refractivity contribution in [2.45, 2.75) is 25.8 Å². The molecule has 2 aromatic rings. The van der Waals surface area contributed by atoms with Crippen molar-refractivity contribution in [3.63, 3.8) is 0 Å². The number of fused-ring (bicyclic) bond motifs is 1. The molecule has 144 valence electrons. The molecule has 6 nitrogen and oxygen atoms in total. The lowest BCUT2D eigenvalue weighted by molar-refractivity contribution is 0.335. The molecule has 1 aromatic heterocycles. The number of aliphatic imine (C=N–C) groups is 1. The first-order chi connectivity index (χ1) is 13.1. The number of benzene rings is 1. The minimum absolute atomic E-state index is 0.373. The van der Waals surface area contributed by atoms with E-state index in [1.54, 1.807) is 6.20 Å². The second kappa shape index (κ2) is 9.21. The van der Waals surface area contributed by atoms with Crippen LogP contribution in [0, 0.1) is 0 Å². The number of nitrogens with zero attached hydrogens (tertiary/aromatic N) is 3. The number of pyridine rings is 1. The number of rotatable bonds is 6. The molecule has 0 spiro atoms. The van der Waals surface area contributed by atoms with Gasteiger partial charge in [0.1, 0.15) is 0 Å². The summed E-state index contributed by atoms with van der Waals surface area (Å²) in [7, 11) is 0. The van der Waals surface area contributed by atoms with Crippen molar-refractivity contribution in [3.05, 3.63) is 42.4 Å². The van der Waals surface area contributed by atoms with Gasteiger partial charge in [0.05, 0.1) is 0 Å². The number of nitrogens with two attached hydrogens (primary N) is 1. The Balaban J connectivity index is 1.89. The van der Waals surface area contributed by atoms with E-state index in [0.717, 1.165) is 60.1 Å². The van der Waals surface area contributed by atoms with Crippen LogP contribution in [0.4, 0.5) is 5.69 Å². The molecule has 0 bridgehead atoms. The summed E-state index contributed by atoms with van der Waals surface area (Å²) in [6.07, 6.45) is 11.0. The minimum atomic E-state index is -0.641. The lowest BCUT2D eigenvalue weighted by Crippen LogP contribution is -2.41. The maximum atomic E-state index is 9.78. The normalized spacial score (nSPS) is 18.3. The Morgan fingerprint density at radius 2 is 2.22 bits per heavy atom. The van der Waals surface area contributed by atoms with Crippen LogP contribution < -0.4 is 11.1 Å². The third-order valence-electron chi connectivity index (χ3n) is 4.87. The predicted molar refractivity (Wildman–Crippen MR) is 117 cm³/mol. The van der Waals surface area contributed by atoms with E-state index < -0.39 is 11.4 Å². The monoisotopic (exact) mass is 386 g/mol. The second-order valence-corrected chi connectivity index (χ2v) is 8.07. The number of hydrogen-bond acceptors (Lipinski definition) is 6. The Bertz CT molecular complexity index is 828. The highest BCUT2D eigenvalue weighted by Crippen LogP contribution is 2.29. The fourth-order valence-corrected chi connectivity index (χ4v) is 4.11. The number of piperidine rings is 1. The molecule has 1 aliphatic heterocycles. The number of allylic oxidation sites excluding steroid dienone is 1. The summed E-state index contributed by atoms with van der Waals surface area (Å²) in [4.78, 5) is 8.64. The Morgan fingerprint density at radius 3 is 2.89 bits per heavy atom. The third kappa shape index (κ3) is 4.80. The van der Waals surface area contributed by atoms with Crippen LogP contribution in [-0.2, 0) is 11.4 Å². The van der Waals surface area contributed by atoms with Crippen LogP contribution in [0.5, 0.6) is 0 Å². The minimum Gasteiger partial charge on any atom is -0.404 e. The maximum absolute atomic E-state index is 9.78. The van der Waals surface area contributed by atoms with Crippen LogP contribution in [0.3, 0.4) is 0 Å². The molecule has 1 aromatic carbocycles. The third-order valence-corrected chi connectivity index (χ3v) is 5.98. The average Bonchev–Trinajstić information content (AvgIpc) is 2.69. The van der Waals surface area contributed by atoms with Gasteiger partial charge in [0.15, 0.2) is 6.26 Å². The van der Waals surface area contributed by atoms with Crippen molar-refractivity contribution in [2.75, 3.05) is 31.2 Å². The highest BCUT2D eigenvalue weighted by atomic mass is 32.2. The van der Waals surface area contributed by atoms with E-state index >= 15 is 0 Å². The summed E-state index contributed by atoms with van der Waals surface area (Å²) < 4.78 is 11.9. The lowest BCUT2D eigenvalue weighted by atomic mass is 10.00. The highest BCUT2D eigenvalue weighted by Gasteiger charge is 2.28. The van der Waals surface area contributed by atoms with Gasteiger partial charge < -0.3 is 11.1 Å². The van der Waals surface area contributed by atoms with Gasteiger partial charge in [-0.15, -0.1) is 0 Å². The molecule has 1 fully saturated rings. The quantitative estimate of drug-likeness (QED) is 0.524. The van der Waals surface area contributed by atoms with Crippen LogP contribution in [-0.4, -0.2) is 52.0 Å². The summed E-state index contributed by atoms with van der Waals surface area (Å²) in [5.74, 6) is 0. The molecular formula is C20H28N5OS+. The molecule has 1 atom stereocenters. The fourth-order valence-electron chi connectivity index (χ4n) is 3.37. The Hall–Kier alpha value is -2.09. The van der Waals surface area contributed by atoms with E-state index in [9.17, 15) is 4.55 Å². The summed E-state index contributed by atoms with van der Waals surface area (Å²) in [5.41, 5.74) is 8.87. The maximum Gasteiger partial charge on any atom is 0.234 e. The molecular weight excluding hydrogens is 358 g/mol. The molecule has 1 aliphatic rings. The largest absolute Gasteiger partial charge is 0.404 e. The summed E-state index contributed by atoms with van der Waals surface area (Å²) >= 11 is -0.641. The van der Waals surface area contributed by atoms with Crippen molar-refractivity contribution in [1.29, 1.82) is 0 Å². The van der Waals surface area contributed by atoms with Crippen molar-refractivity contribution in [3.8, 4) is 0 Å². The zero-order valence-electron chi connectivity index (χ0n) is 15.9. The summed E-state index contributed by atoms with van der Waals surface area (Å²) in [5, 5.41) is 5.93. The lowest BCUT2D eigenvalue weighted by Gasteiger charge is -2.29. The molecule has 0 radical (unpaired) electrons. The second-order valence-electron chi connectivity index (χ2n) is 6.66. The molecule has 2 heterocycles.